The van der Waals surface area contributed by atoms with Gasteiger partial charge in [0, 0.05) is 17.0 Å². The molecule has 0 saturated heterocycles. The third-order valence-electron chi connectivity index (χ3n) is 6.05. The van der Waals surface area contributed by atoms with E-state index in [9.17, 15) is 9.59 Å². The number of hydrogen-bond donors (Lipinski definition) is 1. The van der Waals surface area contributed by atoms with Crippen LogP contribution in [-0.4, -0.2) is 29.5 Å². The van der Waals surface area contributed by atoms with E-state index in [0.29, 0.717) is 32.7 Å². The number of nitrogens with zero attached hydrogens (tertiary/aromatic N) is 1. The van der Waals surface area contributed by atoms with Gasteiger partial charge in [-0.25, -0.2) is 9.78 Å². The van der Waals surface area contributed by atoms with Crippen LogP contribution < -0.4 is 5.32 Å². The van der Waals surface area contributed by atoms with Crippen LogP contribution in [0.2, 0.25) is 15.1 Å². The quantitative estimate of drug-likeness (QED) is 0.285. The van der Waals surface area contributed by atoms with Crippen LogP contribution >= 0.6 is 34.8 Å². The predicted octanol–water partition coefficient (Wildman–Crippen LogP) is 7.25. The third-order valence-corrected chi connectivity index (χ3v) is 7.35. The molecule has 4 rings (SSSR count). The highest BCUT2D eigenvalue weighted by atomic mass is 35.5. The number of amides is 1. The number of aromatic nitrogens is 1. The first-order chi connectivity index (χ1) is 16.4. The summed E-state index contributed by atoms with van der Waals surface area (Å²) in [5, 5.41) is 4.42. The second-order valence-corrected chi connectivity index (χ2v) is 9.64. The average Bonchev–Trinajstić information content (AvgIpc) is 2.82. The molecular formula is C26H25Cl3N2O3. The Hall–Kier alpha value is -2.34. The van der Waals surface area contributed by atoms with Crippen molar-refractivity contribution in [1.29, 1.82) is 0 Å². The summed E-state index contributed by atoms with van der Waals surface area (Å²) in [7, 11) is 0. The summed E-state index contributed by atoms with van der Waals surface area (Å²) < 4.78 is 5.40. The number of rotatable bonds is 5. The molecule has 0 bridgehead atoms. The molecule has 1 heterocycles. The zero-order chi connectivity index (χ0) is 24.1. The zero-order valence-corrected chi connectivity index (χ0v) is 20.8. The minimum atomic E-state index is -0.608. The Morgan fingerprint density at radius 2 is 1.65 bits per heavy atom. The fourth-order valence-corrected chi connectivity index (χ4v) is 4.92. The van der Waals surface area contributed by atoms with E-state index in [1.807, 2.05) is 12.1 Å². The van der Waals surface area contributed by atoms with Gasteiger partial charge in [-0.1, -0.05) is 85.1 Å². The van der Waals surface area contributed by atoms with Gasteiger partial charge in [-0.05, 0) is 37.1 Å². The number of para-hydroxylation sites is 1. The molecule has 3 aromatic rings. The number of carbonyl (C=O) groups excluding carboxylic acids is 2. The Labute approximate surface area is 213 Å². The summed E-state index contributed by atoms with van der Waals surface area (Å²) in [6.07, 6.45) is 7.78. The van der Waals surface area contributed by atoms with E-state index in [2.05, 4.69) is 10.3 Å². The maximum absolute atomic E-state index is 13.0. The molecule has 1 aliphatic carbocycles. The number of nitrogens with one attached hydrogen (secondary N) is 1. The van der Waals surface area contributed by atoms with E-state index in [1.165, 1.54) is 19.3 Å². The van der Waals surface area contributed by atoms with Crippen molar-refractivity contribution in [2.45, 2.75) is 51.0 Å². The van der Waals surface area contributed by atoms with E-state index < -0.39 is 5.97 Å². The molecule has 0 spiro atoms. The number of benzene rings is 2. The molecule has 34 heavy (non-hydrogen) atoms. The minimum Gasteiger partial charge on any atom is -0.452 e. The number of pyridine rings is 1. The van der Waals surface area contributed by atoms with E-state index in [-0.39, 0.29) is 28.6 Å². The Balaban J connectivity index is 1.54. The summed E-state index contributed by atoms with van der Waals surface area (Å²) in [4.78, 5) is 30.1. The summed E-state index contributed by atoms with van der Waals surface area (Å²) in [6.45, 7) is -0.338. The first kappa shape index (κ1) is 24.8. The number of esters is 1. The molecule has 0 radical (unpaired) electrons. The van der Waals surface area contributed by atoms with Crippen LogP contribution in [0.3, 0.4) is 0 Å². The van der Waals surface area contributed by atoms with Crippen molar-refractivity contribution in [3.8, 4) is 11.3 Å². The van der Waals surface area contributed by atoms with Crippen molar-refractivity contribution in [1.82, 2.24) is 10.3 Å². The lowest BCUT2D eigenvalue weighted by atomic mass is 9.97. The Morgan fingerprint density at radius 1 is 0.941 bits per heavy atom. The number of ether oxygens (including phenoxy) is 1. The van der Waals surface area contributed by atoms with Gasteiger partial charge in [-0.2, -0.15) is 0 Å². The van der Waals surface area contributed by atoms with Gasteiger partial charge >= 0.3 is 5.97 Å². The highest BCUT2D eigenvalue weighted by Crippen LogP contribution is 2.38. The van der Waals surface area contributed by atoms with Gasteiger partial charge in [-0.15, -0.1) is 0 Å². The molecule has 0 unspecified atom stereocenters. The highest BCUT2D eigenvalue weighted by molar-refractivity contribution is 6.49. The van der Waals surface area contributed by atoms with Crippen molar-refractivity contribution in [2.75, 3.05) is 6.61 Å². The maximum Gasteiger partial charge on any atom is 0.339 e. The fourth-order valence-electron chi connectivity index (χ4n) is 4.28. The second-order valence-electron chi connectivity index (χ2n) is 8.48. The Bertz CT molecular complexity index is 1210. The maximum atomic E-state index is 13.0. The summed E-state index contributed by atoms with van der Waals surface area (Å²) >= 11 is 18.7. The predicted molar refractivity (Wildman–Crippen MR) is 137 cm³/mol. The van der Waals surface area contributed by atoms with E-state index in [1.54, 1.807) is 30.3 Å². The molecular weight excluding hydrogens is 495 g/mol. The third kappa shape index (κ3) is 5.83. The van der Waals surface area contributed by atoms with Crippen LogP contribution in [0.1, 0.15) is 55.3 Å². The molecule has 0 aliphatic heterocycles. The second kappa shape index (κ2) is 11.4. The van der Waals surface area contributed by atoms with Gasteiger partial charge < -0.3 is 10.1 Å². The van der Waals surface area contributed by atoms with Crippen LogP contribution in [0.5, 0.6) is 0 Å². The number of halogens is 3. The first-order valence-electron chi connectivity index (χ1n) is 11.4. The van der Waals surface area contributed by atoms with Crippen molar-refractivity contribution in [2.24, 2.45) is 0 Å². The monoisotopic (exact) mass is 518 g/mol. The summed E-state index contributed by atoms with van der Waals surface area (Å²) in [6, 6.07) is 12.3. The van der Waals surface area contributed by atoms with Crippen LogP contribution in [0.4, 0.5) is 0 Å². The Kier molecular flexibility index (Phi) is 8.30. The molecule has 178 valence electrons. The standard InChI is InChI=1S/C26H25Cl3N2O3/c27-20-13-12-18(24(28)25(20)29)22-14-19(17-10-6-7-11-21(17)31-22)26(33)34-15-23(32)30-16-8-4-2-1-3-5-9-16/h6-7,10-14,16H,1-5,8-9,15H2,(H,30,32). The Morgan fingerprint density at radius 3 is 2.41 bits per heavy atom. The smallest absolute Gasteiger partial charge is 0.339 e. The van der Waals surface area contributed by atoms with Crippen molar-refractivity contribution in [3.05, 3.63) is 63.1 Å². The van der Waals surface area contributed by atoms with Gasteiger partial charge in [0.25, 0.3) is 5.91 Å². The number of carbonyl (C=O) groups is 2. The lowest BCUT2D eigenvalue weighted by Gasteiger charge is -2.21. The molecule has 1 saturated carbocycles. The molecule has 1 N–H and O–H groups in total. The highest BCUT2D eigenvalue weighted by Gasteiger charge is 2.20. The van der Waals surface area contributed by atoms with Crippen LogP contribution in [-0.2, 0) is 9.53 Å². The average molecular weight is 520 g/mol. The molecule has 1 amide bonds. The molecule has 1 aliphatic rings. The zero-order valence-electron chi connectivity index (χ0n) is 18.6. The first-order valence-corrected chi connectivity index (χ1v) is 12.6. The number of fused-ring (bicyclic) bond motifs is 1. The topological polar surface area (TPSA) is 68.3 Å². The molecule has 0 atom stereocenters. The SMILES string of the molecule is O=C(COC(=O)c1cc(-c2ccc(Cl)c(Cl)c2Cl)nc2ccccc12)NC1CCCCCCC1. The van der Waals surface area contributed by atoms with E-state index in [0.717, 1.165) is 25.7 Å². The van der Waals surface area contributed by atoms with Gasteiger partial charge in [0.2, 0.25) is 0 Å². The molecule has 2 aromatic carbocycles. The minimum absolute atomic E-state index is 0.136. The van der Waals surface area contributed by atoms with E-state index >= 15 is 0 Å². The fraction of sp³-hybridized carbons (Fsp3) is 0.346. The van der Waals surface area contributed by atoms with Crippen molar-refractivity contribution in [3.63, 3.8) is 0 Å². The molecule has 1 fully saturated rings. The van der Waals surface area contributed by atoms with Gasteiger partial charge in [0.1, 0.15) is 0 Å². The molecule has 1 aromatic heterocycles. The van der Waals surface area contributed by atoms with Gasteiger partial charge in [0.15, 0.2) is 6.61 Å². The van der Waals surface area contributed by atoms with Crippen LogP contribution in [0, 0.1) is 0 Å². The lowest BCUT2D eigenvalue weighted by molar-refractivity contribution is -0.125. The largest absolute Gasteiger partial charge is 0.452 e. The van der Waals surface area contributed by atoms with Gasteiger partial charge in [0.05, 0.1) is 31.8 Å². The van der Waals surface area contributed by atoms with Gasteiger partial charge in [-0.3, -0.25) is 4.79 Å². The normalized spacial score (nSPS) is 14.9. The molecule has 5 nitrogen and oxygen atoms in total. The van der Waals surface area contributed by atoms with Crippen molar-refractivity contribution < 1.29 is 14.3 Å². The van der Waals surface area contributed by atoms with E-state index in [4.69, 9.17) is 39.5 Å². The summed E-state index contributed by atoms with van der Waals surface area (Å²) in [5.41, 5.74) is 1.88. The van der Waals surface area contributed by atoms with Crippen LogP contribution in [0.15, 0.2) is 42.5 Å². The molecule has 8 heteroatoms. The van der Waals surface area contributed by atoms with Crippen LogP contribution in [0.25, 0.3) is 22.2 Å². The number of hydrogen-bond acceptors (Lipinski definition) is 4. The summed E-state index contributed by atoms with van der Waals surface area (Å²) in [5.74, 6) is -0.895. The van der Waals surface area contributed by atoms with Crippen molar-refractivity contribution >= 4 is 57.6 Å². The lowest BCUT2D eigenvalue weighted by Crippen LogP contribution is -2.38.